The van der Waals surface area contributed by atoms with Crippen LogP contribution in [0.3, 0.4) is 0 Å². The van der Waals surface area contributed by atoms with Crippen molar-refractivity contribution in [2.45, 2.75) is 12.5 Å². The Morgan fingerprint density at radius 3 is 2.62 bits per heavy atom. The smallest absolute Gasteiger partial charge is 0.311 e. The van der Waals surface area contributed by atoms with Crippen molar-refractivity contribution < 1.29 is 22.4 Å². The minimum Gasteiger partial charge on any atom is -0.311 e. The molecule has 21 heavy (non-hydrogen) atoms. The first-order chi connectivity index (χ1) is 9.87. The Hall–Kier alpha value is -1.96. The zero-order chi connectivity index (χ0) is 15.2. The molecule has 0 N–H and O–H groups in total. The van der Waals surface area contributed by atoms with E-state index in [1.807, 2.05) is 0 Å². The molecule has 6 nitrogen and oxygen atoms in total. The Morgan fingerprint density at radius 2 is 2.00 bits per heavy atom. The van der Waals surface area contributed by atoms with Crippen LogP contribution in [0, 0.1) is 5.82 Å². The normalized spacial score (nSPS) is 24.9. The number of hydrogen-bond donors (Lipinski definition) is 0. The maximum Gasteiger partial charge on any atom is 0.332 e. The summed E-state index contributed by atoms with van der Waals surface area (Å²) in [5.41, 5.74) is 0.161. The highest BCUT2D eigenvalue weighted by Crippen LogP contribution is 2.27. The second-order valence-electron chi connectivity index (χ2n) is 5.18. The summed E-state index contributed by atoms with van der Waals surface area (Å²) in [6.45, 7) is -0.171. The van der Waals surface area contributed by atoms with Gasteiger partial charge in [0.2, 0.25) is 0 Å². The summed E-state index contributed by atoms with van der Waals surface area (Å²) in [6, 6.07) is 4.13. The van der Waals surface area contributed by atoms with Crippen molar-refractivity contribution in [3.63, 3.8) is 0 Å². The molecule has 0 aliphatic carbocycles. The van der Waals surface area contributed by atoms with Gasteiger partial charge < -0.3 is 4.90 Å². The molecule has 0 spiro atoms. The highest BCUT2D eigenvalue weighted by Gasteiger charge is 2.44. The molecule has 1 atom stereocenters. The molecule has 0 saturated carbocycles. The molecule has 0 aromatic heterocycles. The van der Waals surface area contributed by atoms with Gasteiger partial charge in [0.25, 0.3) is 5.91 Å². The number of sulfone groups is 1. The Balaban J connectivity index is 1.86. The number of amides is 3. The van der Waals surface area contributed by atoms with E-state index in [2.05, 4.69) is 0 Å². The molecule has 2 aliphatic rings. The van der Waals surface area contributed by atoms with Crippen LogP contribution in [0.1, 0.15) is 6.42 Å². The maximum absolute atomic E-state index is 13.2. The third-order valence-electron chi connectivity index (χ3n) is 3.71. The van der Waals surface area contributed by atoms with Crippen LogP contribution in [0.15, 0.2) is 24.3 Å². The second kappa shape index (κ2) is 4.80. The van der Waals surface area contributed by atoms with Gasteiger partial charge in [0.15, 0.2) is 9.84 Å². The minimum absolute atomic E-state index is 0.0234. The van der Waals surface area contributed by atoms with E-state index < -0.39 is 33.6 Å². The Labute approximate surface area is 121 Å². The van der Waals surface area contributed by atoms with E-state index in [-0.39, 0.29) is 23.7 Å². The number of carbonyl (C=O) groups excluding carboxylic acids is 2. The highest BCUT2D eigenvalue weighted by atomic mass is 32.2. The minimum atomic E-state index is -3.15. The Morgan fingerprint density at radius 1 is 1.24 bits per heavy atom. The van der Waals surface area contributed by atoms with Crippen molar-refractivity contribution in [1.29, 1.82) is 0 Å². The molecule has 1 aromatic carbocycles. The lowest BCUT2D eigenvalue weighted by molar-refractivity contribution is -0.116. The number of urea groups is 1. The second-order valence-corrected chi connectivity index (χ2v) is 7.41. The number of benzene rings is 1. The lowest BCUT2D eigenvalue weighted by atomic mass is 10.2. The number of halogens is 1. The van der Waals surface area contributed by atoms with E-state index in [1.54, 1.807) is 0 Å². The van der Waals surface area contributed by atoms with Gasteiger partial charge in [-0.2, -0.15) is 0 Å². The Kier molecular flexibility index (Phi) is 3.20. The standard InChI is InChI=1S/C13H13FN2O4S/c14-9-2-1-3-10(6-9)16-12(17)7-15(13(16)18)11-4-5-21(19,20)8-11/h1-3,6,11H,4-5,7-8H2. The van der Waals surface area contributed by atoms with E-state index in [1.165, 1.54) is 23.1 Å². The zero-order valence-corrected chi connectivity index (χ0v) is 11.8. The molecule has 112 valence electrons. The molecule has 0 radical (unpaired) electrons. The zero-order valence-electron chi connectivity index (χ0n) is 11.0. The summed E-state index contributed by atoms with van der Waals surface area (Å²) < 4.78 is 36.2. The molecule has 1 aromatic rings. The summed E-state index contributed by atoms with van der Waals surface area (Å²) in [5, 5.41) is 0. The van der Waals surface area contributed by atoms with E-state index in [9.17, 15) is 22.4 Å². The van der Waals surface area contributed by atoms with Gasteiger partial charge in [0.05, 0.1) is 17.2 Å². The lowest BCUT2D eigenvalue weighted by Crippen LogP contribution is -2.40. The highest BCUT2D eigenvalue weighted by molar-refractivity contribution is 7.91. The maximum atomic E-state index is 13.2. The monoisotopic (exact) mass is 312 g/mol. The van der Waals surface area contributed by atoms with Gasteiger partial charge in [-0.1, -0.05) is 6.07 Å². The molecular weight excluding hydrogens is 299 g/mol. The third-order valence-corrected chi connectivity index (χ3v) is 5.46. The first-order valence-corrected chi connectivity index (χ1v) is 8.29. The van der Waals surface area contributed by atoms with Crippen LogP contribution in [0.25, 0.3) is 0 Å². The molecule has 3 rings (SSSR count). The molecule has 2 fully saturated rings. The van der Waals surface area contributed by atoms with Crippen molar-refractivity contribution in [3.8, 4) is 0 Å². The predicted octanol–water partition coefficient (Wildman–Crippen LogP) is 0.781. The van der Waals surface area contributed by atoms with Crippen LogP contribution in [-0.2, 0) is 14.6 Å². The van der Waals surface area contributed by atoms with Gasteiger partial charge in [-0.05, 0) is 24.6 Å². The summed E-state index contributed by atoms with van der Waals surface area (Å²) in [7, 11) is -3.15. The quantitative estimate of drug-likeness (QED) is 0.756. The van der Waals surface area contributed by atoms with Crippen LogP contribution in [0.5, 0.6) is 0 Å². The van der Waals surface area contributed by atoms with Crippen LogP contribution in [0.2, 0.25) is 0 Å². The molecule has 1 unspecified atom stereocenters. The third kappa shape index (κ3) is 2.51. The topological polar surface area (TPSA) is 74.8 Å². The first-order valence-electron chi connectivity index (χ1n) is 6.47. The number of rotatable bonds is 2. The summed E-state index contributed by atoms with van der Waals surface area (Å²) >= 11 is 0. The van der Waals surface area contributed by atoms with Gasteiger partial charge in [-0.15, -0.1) is 0 Å². The molecule has 2 heterocycles. The molecule has 8 heteroatoms. The van der Waals surface area contributed by atoms with Gasteiger partial charge in [-0.3, -0.25) is 4.79 Å². The fourth-order valence-corrected chi connectivity index (χ4v) is 4.43. The van der Waals surface area contributed by atoms with E-state index >= 15 is 0 Å². The summed E-state index contributed by atoms with van der Waals surface area (Å²) in [5.74, 6) is -1.12. The van der Waals surface area contributed by atoms with Crippen LogP contribution in [0.4, 0.5) is 14.9 Å². The SMILES string of the molecule is O=C1CN(C2CCS(=O)(=O)C2)C(=O)N1c1cccc(F)c1. The lowest BCUT2D eigenvalue weighted by Gasteiger charge is -2.22. The average Bonchev–Trinajstić information content (AvgIpc) is 2.89. The largest absolute Gasteiger partial charge is 0.332 e. The van der Waals surface area contributed by atoms with E-state index in [4.69, 9.17) is 0 Å². The van der Waals surface area contributed by atoms with Crippen molar-refractivity contribution >= 4 is 27.5 Å². The molecule has 2 aliphatic heterocycles. The molecule has 0 bridgehead atoms. The van der Waals surface area contributed by atoms with E-state index in [0.717, 1.165) is 11.0 Å². The fourth-order valence-electron chi connectivity index (χ4n) is 2.70. The summed E-state index contributed by atoms with van der Waals surface area (Å²) in [4.78, 5) is 26.5. The number of imide groups is 1. The van der Waals surface area contributed by atoms with Gasteiger partial charge in [0.1, 0.15) is 12.4 Å². The number of hydrogen-bond acceptors (Lipinski definition) is 4. The van der Waals surface area contributed by atoms with Crippen molar-refractivity contribution in [3.05, 3.63) is 30.1 Å². The van der Waals surface area contributed by atoms with Crippen LogP contribution < -0.4 is 4.90 Å². The van der Waals surface area contributed by atoms with Crippen LogP contribution >= 0.6 is 0 Å². The van der Waals surface area contributed by atoms with Crippen LogP contribution in [-0.4, -0.2) is 49.3 Å². The number of carbonyl (C=O) groups is 2. The van der Waals surface area contributed by atoms with Crippen molar-refractivity contribution in [2.24, 2.45) is 0 Å². The summed E-state index contributed by atoms with van der Waals surface area (Å²) in [6.07, 6.45) is 0.332. The molecule has 2 saturated heterocycles. The average molecular weight is 312 g/mol. The number of anilines is 1. The van der Waals surface area contributed by atoms with Gasteiger partial charge >= 0.3 is 6.03 Å². The van der Waals surface area contributed by atoms with Gasteiger partial charge in [0, 0.05) is 6.04 Å². The fraction of sp³-hybridized carbons (Fsp3) is 0.385. The Bertz CT molecular complexity index is 719. The predicted molar refractivity (Wildman–Crippen MR) is 73.0 cm³/mol. The van der Waals surface area contributed by atoms with Crippen molar-refractivity contribution in [2.75, 3.05) is 23.0 Å². The molecule has 3 amide bonds. The van der Waals surface area contributed by atoms with E-state index in [0.29, 0.717) is 6.42 Å². The van der Waals surface area contributed by atoms with Gasteiger partial charge in [-0.25, -0.2) is 22.5 Å². The number of nitrogens with zero attached hydrogens (tertiary/aromatic N) is 2. The molecular formula is C13H13FN2O4S. The first kappa shape index (κ1) is 14.0. The van der Waals surface area contributed by atoms with Crippen molar-refractivity contribution in [1.82, 2.24) is 4.90 Å².